The van der Waals surface area contributed by atoms with E-state index in [-0.39, 0.29) is 80.9 Å². The third-order valence-electron chi connectivity index (χ3n) is 0. The molecule has 20 valence electrons. The van der Waals surface area contributed by atoms with Crippen molar-refractivity contribution in [2.45, 2.75) is 0 Å². The largest absolute Gasteiger partial charge is 1.00 e. The standard InChI is InChI=1S/CH2O2.K.Na.H/c2-1-3;;;/h1H,(H,2,3);;;/q;;+1;/p-1. The molecule has 0 saturated carbocycles. The SMILES string of the molecule is O=C[O-].[KH].[Na+]. The van der Waals surface area contributed by atoms with Crippen LogP contribution in [0.5, 0.6) is 0 Å². The van der Waals surface area contributed by atoms with Crippen LogP contribution in [-0.4, -0.2) is 57.9 Å². The minimum atomic E-state index is -0.500. The molecule has 0 heterocycles. The van der Waals surface area contributed by atoms with Gasteiger partial charge in [-0.3, -0.25) is 0 Å². The second kappa shape index (κ2) is 16.5. The average Bonchev–Trinajstić information content (AvgIpc) is 0.918. The van der Waals surface area contributed by atoms with Gasteiger partial charge < -0.3 is 9.90 Å². The molecule has 0 fully saturated rings. The first kappa shape index (κ1) is 15.7. The Morgan fingerprint density at radius 2 is 1.60 bits per heavy atom. The maximum absolute atomic E-state index is 8.25. The summed E-state index contributed by atoms with van der Waals surface area (Å²) in [5.41, 5.74) is 0. The van der Waals surface area contributed by atoms with E-state index < -0.39 is 6.47 Å². The minimum Gasteiger partial charge on any atom is 1.00 e. The van der Waals surface area contributed by atoms with Crippen molar-refractivity contribution in [3.63, 3.8) is 0 Å². The van der Waals surface area contributed by atoms with Crippen LogP contribution in [0.3, 0.4) is 0 Å². The van der Waals surface area contributed by atoms with Gasteiger partial charge in [-0.1, -0.05) is 0 Å². The van der Waals surface area contributed by atoms with E-state index >= 15 is 0 Å². The third-order valence-corrected chi connectivity index (χ3v) is 0. The van der Waals surface area contributed by atoms with Crippen LogP contribution in [0.25, 0.3) is 0 Å². The van der Waals surface area contributed by atoms with Crippen molar-refractivity contribution in [3.05, 3.63) is 0 Å². The molecule has 0 saturated heterocycles. The first-order chi connectivity index (χ1) is 1.41. The molecule has 4 heteroatoms. The normalized spacial score (nSPS) is 2.40. The summed E-state index contributed by atoms with van der Waals surface area (Å²) in [6, 6.07) is 0. The minimum absolute atomic E-state index is 0. The molecule has 0 amide bonds. The second-order valence-corrected chi connectivity index (χ2v) is 0.0962. The van der Waals surface area contributed by atoms with Crippen LogP contribution in [0.4, 0.5) is 0 Å². The van der Waals surface area contributed by atoms with Crippen LogP contribution in [0.1, 0.15) is 0 Å². The number of rotatable bonds is 0. The molecule has 0 spiro atoms. The fourth-order valence-corrected chi connectivity index (χ4v) is 0. The van der Waals surface area contributed by atoms with Gasteiger partial charge in [-0.25, -0.2) is 0 Å². The van der Waals surface area contributed by atoms with Gasteiger partial charge in [-0.2, -0.15) is 0 Å². The molecule has 0 aromatic carbocycles. The van der Waals surface area contributed by atoms with E-state index in [0.29, 0.717) is 0 Å². The molecular weight excluding hydrogens is 106 g/mol. The molecule has 0 rings (SSSR count). The second-order valence-electron chi connectivity index (χ2n) is 0.0962. The monoisotopic (exact) mass is 108 g/mol. The Morgan fingerprint density at radius 1 is 1.60 bits per heavy atom. The van der Waals surface area contributed by atoms with Crippen LogP contribution in [0, 0.1) is 0 Å². The summed E-state index contributed by atoms with van der Waals surface area (Å²) in [6.45, 7) is -0.500. The Morgan fingerprint density at radius 3 is 1.60 bits per heavy atom. The molecule has 0 bridgehead atoms. The summed E-state index contributed by atoms with van der Waals surface area (Å²) in [6.07, 6.45) is 0. The zero-order chi connectivity index (χ0) is 2.71. The average molecular weight is 108 g/mol. The smallest absolute Gasteiger partial charge is 1.00 e. The first-order valence-electron chi connectivity index (χ1n) is 0.471. The summed E-state index contributed by atoms with van der Waals surface area (Å²) in [4.78, 5) is 8.25. The molecular formula is CH2KNaO2. The van der Waals surface area contributed by atoms with Crippen LogP contribution in [0.2, 0.25) is 0 Å². The van der Waals surface area contributed by atoms with Gasteiger partial charge >= 0.3 is 80.9 Å². The summed E-state index contributed by atoms with van der Waals surface area (Å²) in [7, 11) is 0. The van der Waals surface area contributed by atoms with Gasteiger partial charge in [0.05, 0.1) is 0 Å². The van der Waals surface area contributed by atoms with Gasteiger partial charge in [0.1, 0.15) is 0 Å². The van der Waals surface area contributed by atoms with E-state index in [1.165, 1.54) is 0 Å². The maximum atomic E-state index is 8.25. The van der Waals surface area contributed by atoms with Gasteiger partial charge in [0, 0.05) is 6.47 Å². The van der Waals surface area contributed by atoms with Crippen molar-refractivity contribution < 1.29 is 39.5 Å². The molecule has 0 unspecified atom stereocenters. The van der Waals surface area contributed by atoms with Crippen LogP contribution < -0.4 is 34.7 Å². The van der Waals surface area contributed by atoms with Gasteiger partial charge in [-0.15, -0.1) is 0 Å². The third kappa shape index (κ3) is 23.2. The number of carbonyl (C=O) groups excluding carboxylic acids is 1. The quantitative estimate of drug-likeness (QED) is 0.230. The molecule has 0 aromatic rings. The van der Waals surface area contributed by atoms with Crippen LogP contribution in [0.15, 0.2) is 0 Å². The molecule has 0 N–H and O–H groups in total. The zero-order valence-corrected chi connectivity index (χ0v) is 4.39. The van der Waals surface area contributed by atoms with Crippen molar-refractivity contribution >= 4 is 57.9 Å². The number of hydrogen-bond acceptors (Lipinski definition) is 2. The zero-order valence-electron chi connectivity index (χ0n) is 2.39. The summed E-state index contributed by atoms with van der Waals surface area (Å²) < 4.78 is 0. The van der Waals surface area contributed by atoms with E-state index in [1.807, 2.05) is 0 Å². The van der Waals surface area contributed by atoms with E-state index in [4.69, 9.17) is 9.90 Å². The summed E-state index contributed by atoms with van der Waals surface area (Å²) in [5.74, 6) is 0. The summed E-state index contributed by atoms with van der Waals surface area (Å²) in [5, 5.41) is 8.25. The Labute approximate surface area is 95.0 Å². The molecule has 0 radical (unpaired) electrons. The number of carboxylic acid groups (broad SMARTS) is 1. The molecule has 0 aliphatic rings. The van der Waals surface area contributed by atoms with E-state index in [9.17, 15) is 0 Å². The Kier molecular flexibility index (Phi) is 51.9. The number of hydrogen-bond donors (Lipinski definition) is 0. The Balaban J connectivity index is -0.0000000200. The van der Waals surface area contributed by atoms with Crippen LogP contribution >= 0.6 is 0 Å². The van der Waals surface area contributed by atoms with Gasteiger partial charge in [-0.05, 0) is 0 Å². The van der Waals surface area contributed by atoms with Crippen molar-refractivity contribution in [2.24, 2.45) is 0 Å². The topological polar surface area (TPSA) is 40.1 Å². The number of carbonyl (C=O) groups is 1. The molecule has 0 aliphatic heterocycles. The van der Waals surface area contributed by atoms with Gasteiger partial charge in [0.2, 0.25) is 0 Å². The van der Waals surface area contributed by atoms with Crippen molar-refractivity contribution in [2.75, 3.05) is 0 Å². The predicted molar refractivity (Wildman–Crippen MR) is 13.2 cm³/mol. The molecule has 0 aromatic heterocycles. The maximum Gasteiger partial charge on any atom is 1.00 e. The van der Waals surface area contributed by atoms with Gasteiger partial charge in [0.15, 0.2) is 0 Å². The van der Waals surface area contributed by atoms with Crippen LogP contribution in [-0.2, 0) is 4.79 Å². The van der Waals surface area contributed by atoms with E-state index in [2.05, 4.69) is 0 Å². The first-order valence-corrected chi connectivity index (χ1v) is 0.471. The molecule has 0 atom stereocenters. The molecule has 5 heavy (non-hydrogen) atoms. The predicted octanol–water partition coefficient (Wildman–Crippen LogP) is -5.28. The van der Waals surface area contributed by atoms with E-state index in [0.717, 1.165) is 0 Å². The Hall–Kier alpha value is 2.11. The molecule has 0 aliphatic carbocycles. The van der Waals surface area contributed by atoms with Crippen molar-refractivity contribution in [3.8, 4) is 0 Å². The van der Waals surface area contributed by atoms with E-state index in [1.54, 1.807) is 0 Å². The fraction of sp³-hybridized carbons (Fsp3) is 0. The van der Waals surface area contributed by atoms with Crippen molar-refractivity contribution in [1.29, 1.82) is 0 Å². The van der Waals surface area contributed by atoms with Crippen molar-refractivity contribution in [1.82, 2.24) is 0 Å². The van der Waals surface area contributed by atoms with Gasteiger partial charge in [0.25, 0.3) is 0 Å². The Bertz CT molecular complexity index is 17.1. The fourth-order valence-electron chi connectivity index (χ4n) is 0. The molecule has 2 nitrogen and oxygen atoms in total. The summed E-state index contributed by atoms with van der Waals surface area (Å²) >= 11 is 0.